The number of benzene rings is 1. The Kier molecular flexibility index (Phi) is 5.53. The van der Waals surface area contributed by atoms with Gasteiger partial charge in [0.05, 0.1) is 10.5 Å². The average molecular weight is 457 g/mol. The van der Waals surface area contributed by atoms with Crippen LogP contribution in [0.1, 0.15) is 37.8 Å². The smallest absolute Gasteiger partial charge is 0.293 e. The molecule has 11 heteroatoms. The third-order valence-corrected chi connectivity index (χ3v) is 6.20. The minimum atomic E-state index is -0.598. The van der Waals surface area contributed by atoms with E-state index >= 15 is 0 Å². The van der Waals surface area contributed by atoms with Gasteiger partial charge < -0.3 is 15.5 Å². The number of primary amides is 1. The van der Waals surface area contributed by atoms with Gasteiger partial charge in [-0.2, -0.15) is 0 Å². The third-order valence-electron chi connectivity index (χ3n) is 4.79. The summed E-state index contributed by atoms with van der Waals surface area (Å²) in [7, 11) is 0. The molecule has 0 radical (unpaired) electrons. The summed E-state index contributed by atoms with van der Waals surface area (Å²) in [5.41, 5.74) is 7.27. The van der Waals surface area contributed by atoms with Gasteiger partial charge in [-0.3, -0.25) is 25.0 Å². The number of amides is 2. The van der Waals surface area contributed by atoms with Gasteiger partial charge in [0.15, 0.2) is 10.9 Å². The number of nitro benzene ring substituents is 1. The molecule has 4 rings (SSSR count). The number of fused-ring (bicyclic) bond motifs is 1. The van der Waals surface area contributed by atoms with Crippen LogP contribution in [0.15, 0.2) is 40.8 Å². The number of aryl methyl sites for hydroxylation is 1. The summed E-state index contributed by atoms with van der Waals surface area (Å²) in [6.07, 6.45) is 2.65. The number of non-ortho nitro benzene ring substituents is 1. The number of nitrogens with one attached hydrogen (secondary N) is 2. The molecule has 2 heterocycles. The fourth-order valence-electron chi connectivity index (χ4n) is 3.44. The lowest BCUT2D eigenvalue weighted by Gasteiger charge is -2.09. The highest BCUT2D eigenvalue weighted by atomic mass is 32.1. The van der Waals surface area contributed by atoms with Gasteiger partial charge in [-0.1, -0.05) is 12.1 Å². The zero-order valence-electron chi connectivity index (χ0n) is 16.0. The number of thiocarbonyl (C=S) groups is 1. The van der Waals surface area contributed by atoms with Crippen LogP contribution < -0.4 is 16.4 Å². The Morgan fingerprint density at radius 3 is 2.77 bits per heavy atom. The Labute approximate surface area is 185 Å². The van der Waals surface area contributed by atoms with E-state index in [0.29, 0.717) is 21.9 Å². The van der Waals surface area contributed by atoms with Crippen molar-refractivity contribution >= 4 is 51.2 Å². The van der Waals surface area contributed by atoms with Gasteiger partial charge in [-0.15, -0.1) is 11.3 Å². The molecular weight excluding hydrogens is 440 g/mol. The van der Waals surface area contributed by atoms with Crippen molar-refractivity contribution < 1.29 is 18.9 Å². The van der Waals surface area contributed by atoms with Crippen molar-refractivity contribution in [1.82, 2.24) is 5.32 Å². The number of thiophene rings is 1. The molecule has 1 aliphatic rings. The second-order valence-corrected chi connectivity index (χ2v) is 8.32. The van der Waals surface area contributed by atoms with Crippen molar-refractivity contribution in [2.75, 3.05) is 5.32 Å². The molecule has 4 N–H and O–H groups in total. The van der Waals surface area contributed by atoms with Crippen molar-refractivity contribution in [3.8, 4) is 11.3 Å². The number of nitro groups is 1. The van der Waals surface area contributed by atoms with Gasteiger partial charge in [0.1, 0.15) is 10.8 Å². The van der Waals surface area contributed by atoms with Crippen LogP contribution in [0.5, 0.6) is 0 Å². The Hall–Kier alpha value is -3.57. The van der Waals surface area contributed by atoms with Crippen molar-refractivity contribution in [2.45, 2.75) is 19.3 Å². The summed E-state index contributed by atoms with van der Waals surface area (Å²) in [6.45, 7) is 0. The standard InChI is InChI=1S/C20H16N4O5S2/c21-17(25)16-12-5-2-6-15(12)31-19(16)23-20(30)22-18(26)14-8-7-13(29-14)10-3-1-4-11(9-10)24(27)28/h1,3-4,7-9H,2,5-6H2,(H2,21,25)(H2,22,23,26,30). The van der Waals surface area contributed by atoms with Crippen LogP contribution in [0.4, 0.5) is 10.7 Å². The van der Waals surface area contributed by atoms with Gasteiger partial charge in [0.2, 0.25) is 0 Å². The second-order valence-electron chi connectivity index (χ2n) is 6.81. The van der Waals surface area contributed by atoms with Crippen LogP contribution >= 0.6 is 23.6 Å². The van der Waals surface area contributed by atoms with E-state index in [0.717, 1.165) is 29.7 Å². The average Bonchev–Trinajstić information content (AvgIpc) is 3.43. The van der Waals surface area contributed by atoms with E-state index < -0.39 is 16.7 Å². The maximum absolute atomic E-state index is 12.5. The maximum Gasteiger partial charge on any atom is 0.293 e. The number of nitrogens with two attached hydrogens (primary N) is 1. The molecule has 0 saturated carbocycles. The molecule has 0 spiro atoms. The predicted molar refractivity (Wildman–Crippen MR) is 119 cm³/mol. The van der Waals surface area contributed by atoms with Gasteiger partial charge in [0, 0.05) is 22.6 Å². The summed E-state index contributed by atoms with van der Waals surface area (Å²) < 4.78 is 5.54. The molecular formula is C20H16N4O5S2. The Morgan fingerprint density at radius 2 is 2.03 bits per heavy atom. The topological polar surface area (TPSA) is 140 Å². The van der Waals surface area contributed by atoms with E-state index in [9.17, 15) is 19.7 Å². The largest absolute Gasteiger partial charge is 0.451 e. The second kappa shape index (κ2) is 8.28. The fourth-order valence-corrected chi connectivity index (χ4v) is 5.00. The molecule has 0 bridgehead atoms. The molecule has 0 aliphatic heterocycles. The summed E-state index contributed by atoms with van der Waals surface area (Å²) >= 11 is 6.61. The number of anilines is 1. The first-order valence-electron chi connectivity index (χ1n) is 9.25. The van der Waals surface area contributed by atoms with E-state index in [1.54, 1.807) is 12.1 Å². The molecule has 0 unspecified atom stereocenters. The Morgan fingerprint density at radius 1 is 1.23 bits per heavy atom. The lowest BCUT2D eigenvalue weighted by Crippen LogP contribution is -2.34. The lowest BCUT2D eigenvalue weighted by atomic mass is 10.1. The molecule has 31 heavy (non-hydrogen) atoms. The summed E-state index contributed by atoms with van der Waals surface area (Å²) in [4.78, 5) is 35.9. The SMILES string of the molecule is NC(=O)c1c(NC(=S)NC(=O)c2ccc(-c3cccc([N+](=O)[O-])c3)o2)sc2c1CCC2. The number of carbonyl (C=O) groups excluding carboxylic acids is 2. The highest BCUT2D eigenvalue weighted by Gasteiger charge is 2.26. The Balaban J connectivity index is 1.46. The number of nitrogens with zero attached hydrogens (tertiary/aromatic N) is 1. The minimum Gasteiger partial charge on any atom is -0.451 e. The van der Waals surface area contributed by atoms with Crippen molar-refractivity contribution in [3.63, 3.8) is 0 Å². The first kappa shape index (κ1) is 20.7. The van der Waals surface area contributed by atoms with E-state index in [1.807, 2.05) is 0 Å². The fraction of sp³-hybridized carbons (Fsp3) is 0.150. The highest BCUT2D eigenvalue weighted by molar-refractivity contribution is 7.80. The number of hydrogen-bond acceptors (Lipinski definition) is 7. The third kappa shape index (κ3) is 4.18. The summed E-state index contributed by atoms with van der Waals surface area (Å²) in [5.74, 6) is -0.851. The van der Waals surface area contributed by atoms with Gasteiger partial charge >= 0.3 is 0 Å². The summed E-state index contributed by atoms with van der Waals surface area (Å²) in [6, 6.07) is 8.88. The van der Waals surface area contributed by atoms with Crippen LogP contribution in [0.3, 0.4) is 0 Å². The van der Waals surface area contributed by atoms with Gasteiger partial charge in [-0.25, -0.2) is 0 Å². The van der Waals surface area contributed by atoms with Crippen molar-refractivity contribution in [2.24, 2.45) is 5.73 Å². The zero-order chi connectivity index (χ0) is 22.1. The van der Waals surface area contributed by atoms with Crippen LogP contribution in [0.25, 0.3) is 11.3 Å². The molecule has 2 amide bonds. The summed E-state index contributed by atoms with van der Waals surface area (Å²) in [5, 5.41) is 16.8. The first-order valence-corrected chi connectivity index (χ1v) is 10.5. The quantitative estimate of drug-likeness (QED) is 0.302. The van der Waals surface area contributed by atoms with E-state index in [4.69, 9.17) is 22.4 Å². The molecule has 1 aromatic carbocycles. The normalized spacial score (nSPS) is 12.3. The van der Waals surface area contributed by atoms with E-state index in [2.05, 4.69) is 10.6 Å². The zero-order valence-corrected chi connectivity index (χ0v) is 17.6. The van der Waals surface area contributed by atoms with Crippen LogP contribution in [0.2, 0.25) is 0 Å². The predicted octanol–water partition coefficient (Wildman–Crippen LogP) is 3.63. The van der Waals surface area contributed by atoms with Crippen molar-refractivity contribution in [1.29, 1.82) is 0 Å². The molecule has 158 valence electrons. The molecule has 0 atom stereocenters. The number of furan rings is 1. The highest BCUT2D eigenvalue weighted by Crippen LogP contribution is 2.38. The molecule has 0 saturated heterocycles. The van der Waals surface area contributed by atoms with Crippen LogP contribution in [-0.4, -0.2) is 21.9 Å². The number of hydrogen-bond donors (Lipinski definition) is 3. The van der Waals surface area contributed by atoms with Crippen molar-refractivity contribution in [3.05, 3.63) is 68.3 Å². The molecule has 2 aromatic heterocycles. The lowest BCUT2D eigenvalue weighted by molar-refractivity contribution is -0.384. The molecule has 0 fully saturated rings. The van der Waals surface area contributed by atoms with E-state index in [-0.39, 0.29) is 16.6 Å². The maximum atomic E-state index is 12.5. The molecule has 9 nitrogen and oxygen atoms in total. The monoisotopic (exact) mass is 456 g/mol. The minimum absolute atomic E-state index is 0.000669. The van der Waals surface area contributed by atoms with Crippen LogP contribution in [-0.2, 0) is 12.8 Å². The first-order chi connectivity index (χ1) is 14.8. The van der Waals surface area contributed by atoms with Gasteiger partial charge in [-0.05, 0) is 49.2 Å². The number of carbonyl (C=O) groups is 2. The molecule has 1 aliphatic carbocycles. The Bertz CT molecular complexity index is 1230. The van der Waals surface area contributed by atoms with Gasteiger partial charge in [0.25, 0.3) is 17.5 Å². The number of rotatable bonds is 5. The van der Waals surface area contributed by atoms with Crippen LogP contribution in [0, 0.1) is 10.1 Å². The van der Waals surface area contributed by atoms with E-state index in [1.165, 1.54) is 35.6 Å². The molecule has 3 aromatic rings.